The van der Waals surface area contributed by atoms with Crippen molar-refractivity contribution in [1.29, 1.82) is 0 Å². The number of ether oxygens (including phenoxy) is 1. The minimum Gasteiger partial charge on any atom is -0.464 e. The van der Waals surface area contributed by atoms with Crippen LogP contribution in [0, 0.1) is 5.82 Å². The van der Waals surface area contributed by atoms with Crippen LogP contribution in [0.25, 0.3) is 0 Å². The van der Waals surface area contributed by atoms with E-state index in [1.165, 1.54) is 0 Å². The minimum atomic E-state index is -5.37. The van der Waals surface area contributed by atoms with E-state index in [4.69, 9.17) is 0 Å². The van der Waals surface area contributed by atoms with E-state index in [9.17, 15) is 31.1 Å². The SMILES string of the molecule is COC(=O)c1ncc(F)c(C(F)(F)F)c1C(F)F. The lowest BCUT2D eigenvalue weighted by Crippen LogP contribution is -2.19. The second-order valence-corrected chi connectivity index (χ2v) is 3.03. The Hall–Kier alpha value is -1.80. The van der Waals surface area contributed by atoms with Gasteiger partial charge in [-0.15, -0.1) is 0 Å². The Bertz CT molecular complexity index is 471. The number of halogens is 6. The zero-order chi connectivity index (χ0) is 14.1. The number of esters is 1. The van der Waals surface area contributed by atoms with Gasteiger partial charge in [-0.05, 0) is 0 Å². The van der Waals surface area contributed by atoms with E-state index >= 15 is 0 Å². The summed E-state index contributed by atoms with van der Waals surface area (Å²) < 4.78 is 79.5. The van der Waals surface area contributed by atoms with E-state index in [-0.39, 0.29) is 6.20 Å². The molecule has 0 spiro atoms. The molecule has 0 saturated heterocycles. The number of nitrogens with zero attached hydrogens (tertiary/aromatic N) is 1. The first-order valence-electron chi connectivity index (χ1n) is 4.32. The summed E-state index contributed by atoms with van der Waals surface area (Å²) >= 11 is 0. The molecule has 0 fully saturated rings. The molecule has 0 bridgehead atoms. The normalized spacial score (nSPS) is 11.8. The number of carbonyl (C=O) groups excluding carboxylic acids is 1. The average molecular weight is 273 g/mol. The number of pyridine rings is 1. The second kappa shape index (κ2) is 4.83. The lowest BCUT2D eigenvalue weighted by Gasteiger charge is -2.15. The van der Waals surface area contributed by atoms with Gasteiger partial charge < -0.3 is 4.74 Å². The number of alkyl halides is 5. The largest absolute Gasteiger partial charge is 0.464 e. The number of carbonyl (C=O) groups is 1. The quantitative estimate of drug-likeness (QED) is 0.614. The van der Waals surface area contributed by atoms with Crippen molar-refractivity contribution < 1.29 is 35.9 Å². The summed E-state index contributed by atoms with van der Waals surface area (Å²) in [5, 5.41) is 0. The van der Waals surface area contributed by atoms with Gasteiger partial charge >= 0.3 is 12.1 Å². The first-order valence-corrected chi connectivity index (χ1v) is 4.32. The van der Waals surface area contributed by atoms with Crippen molar-refractivity contribution >= 4 is 5.97 Å². The Balaban J connectivity index is 3.64. The number of hydrogen-bond donors (Lipinski definition) is 0. The fourth-order valence-corrected chi connectivity index (χ4v) is 1.26. The lowest BCUT2D eigenvalue weighted by atomic mass is 10.1. The molecular formula is C9H5F6NO2. The molecule has 1 aromatic heterocycles. The van der Waals surface area contributed by atoms with E-state index in [1.54, 1.807) is 0 Å². The molecule has 0 aliphatic carbocycles. The molecule has 100 valence electrons. The maximum atomic E-state index is 13.0. The van der Waals surface area contributed by atoms with Crippen LogP contribution < -0.4 is 0 Å². The zero-order valence-electron chi connectivity index (χ0n) is 8.69. The molecule has 0 aromatic carbocycles. The zero-order valence-corrected chi connectivity index (χ0v) is 8.69. The second-order valence-electron chi connectivity index (χ2n) is 3.03. The molecule has 0 unspecified atom stereocenters. The molecule has 0 N–H and O–H groups in total. The van der Waals surface area contributed by atoms with Crippen molar-refractivity contribution in [1.82, 2.24) is 4.98 Å². The Morgan fingerprint density at radius 3 is 2.33 bits per heavy atom. The highest BCUT2D eigenvalue weighted by atomic mass is 19.4. The van der Waals surface area contributed by atoms with Gasteiger partial charge in [0.1, 0.15) is 5.56 Å². The van der Waals surface area contributed by atoms with Gasteiger partial charge in [-0.25, -0.2) is 22.9 Å². The van der Waals surface area contributed by atoms with Crippen LogP contribution in [0.15, 0.2) is 6.20 Å². The summed E-state index contributed by atoms with van der Waals surface area (Å²) in [6.45, 7) is 0. The van der Waals surface area contributed by atoms with Crippen LogP contribution in [-0.4, -0.2) is 18.1 Å². The molecule has 1 aromatic rings. The summed E-state index contributed by atoms with van der Waals surface area (Å²) in [4.78, 5) is 13.9. The summed E-state index contributed by atoms with van der Waals surface area (Å²) in [5.41, 5.74) is -5.30. The molecular weight excluding hydrogens is 268 g/mol. The van der Waals surface area contributed by atoms with Crippen LogP contribution in [-0.2, 0) is 10.9 Å². The third-order valence-electron chi connectivity index (χ3n) is 1.95. The first-order chi connectivity index (χ1) is 8.20. The predicted molar refractivity (Wildman–Crippen MR) is 45.5 cm³/mol. The maximum absolute atomic E-state index is 13.0. The van der Waals surface area contributed by atoms with Crippen molar-refractivity contribution in [2.75, 3.05) is 7.11 Å². The Kier molecular flexibility index (Phi) is 3.82. The summed E-state index contributed by atoms with van der Waals surface area (Å²) in [6.07, 6.45) is -9.05. The smallest absolute Gasteiger partial charge is 0.419 e. The standard InChI is InChI=1S/C9H5F6NO2/c1-18-8(17)6-4(7(11)12)5(9(13,14)15)3(10)2-16-6/h2,7H,1H3. The summed E-state index contributed by atoms with van der Waals surface area (Å²) in [6, 6.07) is 0. The molecule has 1 heterocycles. The molecule has 0 aliphatic heterocycles. The van der Waals surface area contributed by atoms with Gasteiger partial charge in [0.25, 0.3) is 6.43 Å². The van der Waals surface area contributed by atoms with Crippen LogP contribution in [0.4, 0.5) is 26.3 Å². The van der Waals surface area contributed by atoms with Gasteiger partial charge in [0.15, 0.2) is 11.5 Å². The highest BCUT2D eigenvalue weighted by molar-refractivity contribution is 5.89. The maximum Gasteiger partial charge on any atom is 0.419 e. The van der Waals surface area contributed by atoms with E-state index in [0.29, 0.717) is 0 Å². The third-order valence-corrected chi connectivity index (χ3v) is 1.95. The summed E-state index contributed by atoms with van der Waals surface area (Å²) in [5.74, 6) is -3.48. The van der Waals surface area contributed by atoms with Crippen molar-refractivity contribution in [3.63, 3.8) is 0 Å². The Labute approximate surface area is 96.4 Å². The van der Waals surface area contributed by atoms with E-state index in [0.717, 1.165) is 7.11 Å². The number of aromatic nitrogens is 1. The van der Waals surface area contributed by atoms with E-state index < -0.39 is 41.2 Å². The highest BCUT2D eigenvalue weighted by Crippen LogP contribution is 2.39. The van der Waals surface area contributed by atoms with Gasteiger partial charge in [0.2, 0.25) is 0 Å². The van der Waals surface area contributed by atoms with Crippen molar-refractivity contribution in [2.45, 2.75) is 12.6 Å². The van der Waals surface area contributed by atoms with Gasteiger partial charge in [-0.3, -0.25) is 0 Å². The van der Waals surface area contributed by atoms with Crippen LogP contribution in [0.5, 0.6) is 0 Å². The van der Waals surface area contributed by atoms with Crippen molar-refractivity contribution in [2.24, 2.45) is 0 Å². The minimum absolute atomic E-state index is 0.0426. The van der Waals surface area contributed by atoms with Crippen LogP contribution in [0.2, 0.25) is 0 Å². The molecule has 1 rings (SSSR count). The number of rotatable bonds is 2. The lowest BCUT2D eigenvalue weighted by molar-refractivity contribution is -0.142. The Morgan fingerprint density at radius 1 is 1.39 bits per heavy atom. The third kappa shape index (κ3) is 2.54. The molecule has 0 amide bonds. The fraction of sp³-hybridized carbons (Fsp3) is 0.333. The molecule has 0 radical (unpaired) electrons. The average Bonchev–Trinajstić information content (AvgIpc) is 2.25. The monoisotopic (exact) mass is 273 g/mol. The Morgan fingerprint density at radius 2 is 1.94 bits per heavy atom. The van der Waals surface area contributed by atoms with Crippen molar-refractivity contribution in [3.8, 4) is 0 Å². The van der Waals surface area contributed by atoms with Gasteiger partial charge in [0.05, 0.1) is 18.9 Å². The first kappa shape index (κ1) is 14.3. The van der Waals surface area contributed by atoms with Gasteiger partial charge in [-0.1, -0.05) is 0 Å². The summed E-state index contributed by atoms with van der Waals surface area (Å²) in [7, 11) is 0.774. The van der Waals surface area contributed by atoms with Crippen LogP contribution >= 0.6 is 0 Å². The number of hydrogen-bond acceptors (Lipinski definition) is 3. The highest BCUT2D eigenvalue weighted by Gasteiger charge is 2.42. The predicted octanol–water partition coefficient (Wildman–Crippen LogP) is 2.96. The topological polar surface area (TPSA) is 39.2 Å². The van der Waals surface area contributed by atoms with Crippen LogP contribution in [0.3, 0.4) is 0 Å². The number of methoxy groups -OCH3 is 1. The van der Waals surface area contributed by atoms with Gasteiger partial charge in [0, 0.05) is 0 Å². The van der Waals surface area contributed by atoms with Crippen molar-refractivity contribution in [3.05, 3.63) is 28.8 Å². The van der Waals surface area contributed by atoms with Crippen LogP contribution in [0.1, 0.15) is 28.0 Å². The molecule has 18 heavy (non-hydrogen) atoms. The molecule has 0 atom stereocenters. The molecule has 0 saturated carbocycles. The molecule has 0 aliphatic rings. The molecule has 9 heteroatoms. The fourth-order valence-electron chi connectivity index (χ4n) is 1.26. The van der Waals surface area contributed by atoms with E-state index in [1.807, 2.05) is 0 Å². The van der Waals surface area contributed by atoms with Gasteiger partial charge in [-0.2, -0.15) is 13.2 Å². The van der Waals surface area contributed by atoms with E-state index in [2.05, 4.69) is 9.72 Å². The molecule has 3 nitrogen and oxygen atoms in total.